The summed E-state index contributed by atoms with van der Waals surface area (Å²) in [6.07, 6.45) is 5.25. The van der Waals surface area contributed by atoms with Gasteiger partial charge in [0.25, 0.3) is 0 Å². The lowest BCUT2D eigenvalue weighted by Gasteiger charge is -2.02. The monoisotopic (exact) mass is 249 g/mol. The lowest BCUT2D eigenvalue weighted by atomic mass is 10.0. The minimum absolute atomic E-state index is 0.0907. The first kappa shape index (κ1) is 14.4. The summed E-state index contributed by atoms with van der Waals surface area (Å²) in [5, 5.41) is 0. The van der Waals surface area contributed by atoms with E-state index in [4.69, 9.17) is 4.74 Å². The van der Waals surface area contributed by atoms with Crippen molar-refractivity contribution in [2.45, 2.75) is 39.0 Å². The number of hydrogen-bond donors (Lipinski definition) is 0. The quantitative estimate of drug-likeness (QED) is 0.525. The van der Waals surface area contributed by atoms with Gasteiger partial charge in [-0.3, -0.25) is 4.79 Å². The summed E-state index contributed by atoms with van der Waals surface area (Å²) in [7, 11) is 1.54. The highest BCUT2D eigenvalue weighted by molar-refractivity contribution is 5.95. The number of ether oxygens (including phenoxy) is 1. The fourth-order valence-corrected chi connectivity index (χ4v) is 1.65. The number of aromatic nitrogens is 1. The van der Waals surface area contributed by atoms with Crippen molar-refractivity contribution in [3.8, 4) is 5.88 Å². The van der Waals surface area contributed by atoms with E-state index in [2.05, 4.69) is 4.98 Å². The summed E-state index contributed by atoms with van der Waals surface area (Å²) in [5.74, 6) is 0.807. The van der Waals surface area contributed by atoms with Gasteiger partial charge in [-0.1, -0.05) is 6.42 Å². The molecule has 0 spiro atoms. The minimum atomic E-state index is 0.0907. The number of carbonyl (C=O) groups excluding carboxylic acids is 2. The maximum absolute atomic E-state index is 11.8. The maximum Gasteiger partial charge on any atom is 0.212 e. The second kappa shape index (κ2) is 7.58. The Bertz CT molecular complexity index is 398. The highest BCUT2D eigenvalue weighted by atomic mass is 16.5. The normalized spacial score (nSPS) is 10.1. The van der Waals surface area contributed by atoms with Crippen molar-refractivity contribution in [2.24, 2.45) is 0 Å². The first-order chi connectivity index (χ1) is 8.63. The van der Waals surface area contributed by atoms with Gasteiger partial charge >= 0.3 is 0 Å². The number of rotatable bonds is 8. The first-order valence-corrected chi connectivity index (χ1v) is 6.16. The van der Waals surface area contributed by atoms with Crippen molar-refractivity contribution in [3.63, 3.8) is 0 Å². The average Bonchev–Trinajstić information content (AvgIpc) is 2.38. The van der Waals surface area contributed by atoms with E-state index in [1.54, 1.807) is 26.2 Å². The highest BCUT2D eigenvalue weighted by Crippen LogP contribution is 2.11. The molecule has 0 saturated carbocycles. The molecule has 1 heterocycles. The predicted octanol–water partition coefficient (Wildman–Crippen LogP) is 2.81. The molecule has 98 valence electrons. The van der Waals surface area contributed by atoms with E-state index in [-0.39, 0.29) is 11.6 Å². The molecule has 0 N–H and O–H groups in total. The standard InChI is InChI=1S/C14H19NO3/c1-11(16)6-4-3-5-7-13(17)12-8-9-14(18-2)15-10-12/h8-10H,3-7H2,1-2H3. The second-order valence-corrected chi connectivity index (χ2v) is 4.28. The molecule has 4 nitrogen and oxygen atoms in total. The van der Waals surface area contributed by atoms with Crippen LogP contribution in [0.1, 0.15) is 49.4 Å². The van der Waals surface area contributed by atoms with Crippen molar-refractivity contribution in [1.82, 2.24) is 4.98 Å². The van der Waals surface area contributed by atoms with Crippen LogP contribution >= 0.6 is 0 Å². The van der Waals surface area contributed by atoms with Crippen molar-refractivity contribution in [1.29, 1.82) is 0 Å². The van der Waals surface area contributed by atoms with Gasteiger partial charge in [0.1, 0.15) is 5.78 Å². The van der Waals surface area contributed by atoms with E-state index in [9.17, 15) is 9.59 Å². The minimum Gasteiger partial charge on any atom is -0.481 e. The van der Waals surface area contributed by atoms with Crippen LogP contribution in [0.15, 0.2) is 18.3 Å². The molecule has 0 radical (unpaired) electrons. The van der Waals surface area contributed by atoms with Crippen molar-refractivity contribution in [3.05, 3.63) is 23.9 Å². The molecule has 0 fully saturated rings. The molecule has 0 saturated heterocycles. The summed E-state index contributed by atoms with van der Waals surface area (Å²) in [4.78, 5) is 26.5. The molecular weight excluding hydrogens is 230 g/mol. The van der Waals surface area contributed by atoms with Crippen molar-refractivity contribution >= 4 is 11.6 Å². The number of methoxy groups -OCH3 is 1. The largest absolute Gasteiger partial charge is 0.481 e. The molecule has 0 unspecified atom stereocenters. The van der Waals surface area contributed by atoms with Gasteiger partial charge in [0, 0.05) is 30.7 Å². The first-order valence-electron chi connectivity index (χ1n) is 6.16. The fraction of sp³-hybridized carbons (Fsp3) is 0.500. The van der Waals surface area contributed by atoms with Crippen LogP contribution in [-0.4, -0.2) is 23.7 Å². The third-order valence-electron chi connectivity index (χ3n) is 2.70. The van der Waals surface area contributed by atoms with Gasteiger partial charge in [0.05, 0.1) is 7.11 Å². The van der Waals surface area contributed by atoms with Gasteiger partial charge in [-0.25, -0.2) is 4.98 Å². The Labute approximate surface area is 107 Å². The van der Waals surface area contributed by atoms with Crippen molar-refractivity contribution < 1.29 is 14.3 Å². The lowest BCUT2D eigenvalue weighted by Crippen LogP contribution is -2.00. The highest BCUT2D eigenvalue weighted by Gasteiger charge is 2.06. The molecule has 0 atom stereocenters. The third kappa shape index (κ3) is 5.08. The number of nitrogens with zero attached hydrogens (tertiary/aromatic N) is 1. The van der Waals surface area contributed by atoms with Gasteiger partial charge in [0.2, 0.25) is 5.88 Å². The van der Waals surface area contributed by atoms with E-state index < -0.39 is 0 Å². The zero-order chi connectivity index (χ0) is 13.4. The van der Waals surface area contributed by atoms with Crippen LogP contribution in [0.2, 0.25) is 0 Å². The van der Waals surface area contributed by atoms with Crippen LogP contribution in [0.4, 0.5) is 0 Å². The van der Waals surface area contributed by atoms with Gasteiger partial charge in [-0.2, -0.15) is 0 Å². The molecule has 0 bridgehead atoms. The molecule has 0 amide bonds. The van der Waals surface area contributed by atoms with Gasteiger partial charge in [-0.05, 0) is 25.8 Å². The number of carbonyl (C=O) groups is 2. The maximum atomic E-state index is 11.8. The zero-order valence-corrected chi connectivity index (χ0v) is 10.9. The summed E-state index contributed by atoms with van der Waals surface area (Å²) in [5.41, 5.74) is 0.613. The molecule has 18 heavy (non-hydrogen) atoms. The molecule has 0 aliphatic heterocycles. The third-order valence-corrected chi connectivity index (χ3v) is 2.70. The fourth-order valence-electron chi connectivity index (χ4n) is 1.65. The molecular formula is C14H19NO3. The molecule has 1 aromatic heterocycles. The van der Waals surface area contributed by atoms with Gasteiger partial charge < -0.3 is 9.53 Å². The summed E-state index contributed by atoms with van der Waals surface area (Å²) in [6.45, 7) is 1.59. The SMILES string of the molecule is COc1ccc(C(=O)CCCCCC(C)=O)cn1. The smallest absolute Gasteiger partial charge is 0.212 e. The van der Waals surface area contributed by atoms with Gasteiger partial charge in [0.15, 0.2) is 5.78 Å². The molecule has 1 aromatic rings. The summed E-state index contributed by atoms with van der Waals surface area (Å²) < 4.78 is 4.93. The number of Topliss-reactive ketones (excluding diaryl/α,β-unsaturated/α-hetero) is 2. The second-order valence-electron chi connectivity index (χ2n) is 4.28. The van der Waals surface area contributed by atoms with Crippen LogP contribution in [0.3, 0.4) is 0 Å². The van der Waals surface area contributed by atoms with Crippen LogP contribution in [0.5, 0.6) is 5.88 Å². The molecule has 4 heteroatoms. The van der Waals surface area contributed by atoms with Crippen LogP contribution < -0.4 is 4.74 Å². The Balaban J connectivity index is 2.29. The zero-order valence-electron chi connectivity index (χ0n) is 10.9. The number of unbranched alkanes of at least 4 members (excludes halogenated alkanes) is 2. The molecule has 0 aromatic carbocycles. The lowest BCUT2D eigenvalue weighted by molar-refractivity contribution is -0.117. The number of ketones is 2. The Morgan fingerprint density at radius 2 is 1.89 bits per heavy atom. The van der Waals surface area contributed by atoms with Gasteiger partial charge in [-0.15, -0.1) is 0 Å². The molecule has 1 rings (SSSR count). The van der Waals surface area contributed by atoms with Crippen LogP contribution in [0, 0.1) is 0 Å². The van der Waals surface area contributed by atoms with Crippen LogP contribution in [-0.2, 0) is 4.79 Å². The Morgan fingerprint density at radius 3 is 2.44 bits per heavy atom. The van der Waals surface area contributed by atoms with E-state index >= 15 is 0 Å². The Hall–Kier alpha value is -1.71. The summed E-state index contributed by atoms with van der Waals surface area (Å²) in [6, 6.07) is 3.41. The van der Waals surface area contributed by atoms with Crippen LogP contribution in [0.25, 0.3) is 0 Å². The number of pyridine rings is 1. The van der Waals surface area contributed by atoms with E-state index in [1.165, 1.54) is 6.20 Å². The molecule has 0 aliphatic carbocycles. The van der Waals surface area contributed by atoms with Crippen molar-refractivity contribution in [2.75, 3.05) is 7.11 Å². The van der Waals surface area contributed by atoms with E-state index in [0.717, 1.165) is 19.3 Å². The Kier molecular flexibility index (Phi) is 6.05. The summed E-state index contributed by atoms with van der Waals surface area (Å²) >= 11 is 0. The number of hydrogen-bond acceptors (Lipinski definition) is 4. The molecule has 0 aliphatic rings. The topological polar surface area (TPSA) is 56.3 Å². The van der Waals surface area contributed by atoms with E-state index in [1.807, 2.05) is 0 Å². The van der Waals surface area contributed by atoms with E-state index in [0.29, 0.717) is 24.3 Å². The predicted molar refractivity (Wildman–Crippen MR) is 68.9 cm³/mol. The Morgan fingerprint density at radius 1 is 1.17 bits per heavy atom. The average molecular weight is 249 g/mol.